The number of fused-ring (bicyclic) bond motifs is 2. The summed E-state index contributed by atoms with van der Waals surface area (Å²) in [5.41, 5.74) is 9.05. The van der Waals surface area contributed by atoms with Gasteiger partial charge >= 0.3 is 0 Å². The molecule has 5 rings (SSSR count). The van der Waals surface area contributed by atoms with Gasteiger partial charge in [-0.25, -0.2) is 0 Å². The first kappa shape index (κ1) is 18.6. The first-order valence-corrected chi connectivity index (χ1v) is 10.7. The Morgan fingerprint density at radius 3 is 2.90 bits per heavy atom. The SMILES string of the molecule is Cc1cc2c(C(N)=O)cccc2n1-c1nc(NCc2cccs2)c2c(n1)N(C)CC2. The number of nitrogens with two attached hydrogens (primary N) is 1. The highest BCUT2D eigenvalue weighted by Crippen LogP contribution is 2.33. The molecule has 0 bridgehead atoms. The summed E-state index contributed by atoms with van der Waals surface area (Å²) in [5, 5.41) is 6.40. The number of primary amides is 1. The van der Waals surface area contributed by atoms with Crippen molar-refractivity contribution < 1.29 is 4.79 Å². The van der Waals surface area contributed by atoms with Gasteiger partial charge in [-0.3, -0.25) is 9.36 Å². The lowest BCUT2D eigenvalue weighted by molar-refractivity contribution is 0.100. The van der Waals surface area contributed by atoms with E-state index in [1.807, 2.05) is 29.7 Å². The maximum Gasteiger partial charge on any atom is 0.249 e. The predicted molar refractivity (Wildman–Crippen MR) is 121 cm³/mol. The Labute approximate surface area is 178 Å². The highest BCUT2D eigenvalue weighted by Gasteiger charge is 2.25. The van der Waals surface area contributed by atoms with Crippen LogP contribution in [0.1, 0.15) is 26.5 Å². The molecule has 0 saturated heterocycles. The third-order valence-electron chi connectivity index (χ3n) is 5.54. The number of carbonyl (C=O) groups is 1. The molecule has 0 saturated carbocycles. The normalized spacial score (nSPS) is 13.1. The number of hydrogen-bond donors (Lipinski definition) is 2. The molecule has 1 aliphatic rings. The Kier molecular flexibility index (Phi) is 4.43. The molecule has 7 nitrogen and oxygen atoms in total. The summed E-state index contributed by atoms with van der Waals surface area (Å²) >= 11 is 1.72. The van der Waals surface area contributed by atoms with Gasteiger partial charge in [-0.1, -0.05) is 12.1 Å². The zero-order valence-corrected chi connectivity index (χ0v) is 17.7. The van der Waals surface area contributed by atoms with E-state index < -0.39 is 5.91 Å². The minimum atomic E-state index is -0.439. The van der Waals surface area contributed by atoms with Gasteiger partial charge in [0.05, 0.1) is 12.1 Å². The second kappa shape index (κ2) is 7.14. The first-order valence-electron chi connectivity index (χ1n) is 9.82. The average Bonchev–Trinajstić information content (AvgIpc) is 3.44. The quantitative estimate of drug-likeness (QED) is 0.518. The van der Waals surface area contributed by atoms with Crippen molar-refractivity contribution in [2.45, 2.75) is 19.9 Å². The number of carbonyl (C=O) groups excluding carboxylic acids is 1. The fraction of sp³-hybridized carbons (Fsp3) is 0.227. The molecule has 0 atom stereocenters. The molecule has 8 heteroatoms. The van der Waals surface area contributed by atoms with Crippen LogP contribution in [0.4, 0.5) is 11.6 Å². The smallest absolute Gasteiger partial charge is 0.249 e. The number of hydrogen-bond acceptors (Lipinski definition) is 6. The van der Waals surface area contributed by atoms with Crippen LogP contribution in [-0.4, -0.2) is 34.0 Å². The van der Waals surface area contributed by atoms with Crippen molar-refractivity contribution in [1.82, 2.24) is 14.5 Å². The van der Waals surface area contributed by atoms with Crippen LogP contribution in [0.3, 0.4) is 0 Å². The van der Waals surface area contributed by atoms with E-state index in [9.17, 15) is 4.79 Å². The van der Waals surface area contributed by atoms with Crippen LogP contribution >= 0.6 is 11.3 Å². The van der Waals surface area contributed by atoms with Crippen LogP contribution in [0.15, 0.2) is 41.8 Å². The topological polar surface area (TPSA) is 89.1 Å². The molecule has 1 aromatic carbocycles. The van der Waals surface area contributed by atoms with Crippen LogP contribution in [0.2, 0.25) is 0 Å². The lowest BCUT2D eigenvalue weighted by atomic mass is 10.1. The van der Waals surface area contributed by atoms with Crippen molar-refractivity contribution in [2.75, 3.05) is 23.8 Å². The number of anilines is 2. The molecule has 0 fully saturated rings. The molecule has 0 unspecified atom stereocenters. The van der Waals surface area contributed by atoms with E-state index in [0.717, 1.165) is 53.3 Å². The minimum absolute atomic E-state index is 0.439. The highest BCUT2D eigenvalue weighted by atomic mass is 32.1. The number of nitrogens with one attached hydrogen (secondary N) is 1. The number of amides is 1. The van der Waals surface area contributed by atoms with E-state index in [1.54, 1.807) is 17.4 Å². The molecule has 30 heavy (non-hydrogen) atoms. The second-order valence-electron chi connectivity index (χ2n) is 7.50. The summed E-state index contributed by atoms with van der Waals surface area (Å²) in [7, 11) is 2.05. The van der Waals surface area contributed by atoms with Gasteiger partial charge in [-0.15, -0.1) is 11.3 Å². The van der Waals surface area contributed by atoms with E-state index in [0.29, 0.717) is 11.5 Å². The van der Waals surface area contributed by atoms with E-state index in [-0.39, 0.29) is 0 Å². The van der Waals surface area contributed by atoms with Gasteiger partial charge in [0, 0.05) is 40.7 Å². The molecule has 152 valence electrons. The summed E-state index contributed by atoms with van der Waals surface area (Å²) < 4.78 is 1.99. The van der Waals surface area contributed by atoms with Crippen LogP contribution in [0.5, 0.6) is 0 Å². The Bertz CT molecular complexity index is 1260. The zero-order valence-electron chi connectivity index (χ0n) is 16.8. The highest BCUT2D eigenvalue weighted by molar-refractivity contribution is 7.09. The molecule has 0 aliphatic carbocycles. The maximum atomic E-state index is 11.9. The van der Waals surface area contributed by atoms with Crippen LogP contribution in [-0.2, 0) is 13.0 Å². The van der Waals surface area contributed by atoms with Crippen molar-refractivity contribution in [3.05, 3.63) is 63.5 Å². The Balaban J connectivity index is 1.65. The Hall–Kier alpha value is -3.39. The monoisotopic (exact) mass is 418 g/mol. The number of aryl methyl sites for hydroxylation is 1. The second-order valence-corrected chi connectivity index (χ2v) is 8.53. The number of likely N-dealkylation sites (N-methyl/N-ethyl adjacent to an activating group) is 1. The molecule has 0 radical (unpaired) electrons. The van der Waals surface area contributed by atoms with Gasteiger partial charge in [0.25, 0.3) is 0 Å². The fourth-order valence-electron chi connectivity index (χ4n) is 4.07. The average molecular weight is 419 g/mol. The van der Waals surface area contributed by atoms with Crippen molar-refractivity contribution in [3.8, 4) is 5.95 Å². The largest absolute Gasteiger partial charge is 0.366 e. The maximum absolute atomic E-state index is 11.9. The van der Waals surface area contributed by atoms with Crippen molar-refractivity contribution in [1.29, 1.82) is 0 Å². The lowest BCUT2D eigenvalue weighted by Crippen LogP contribution is -2.16. The van der Waals surface area contributed by atoms with E-state index >= 15 is 0 Å². The Morgan fingerprint density at radius 1 is 1.27 bits per heavy atom. The summed E-state index contributed by atoms with van der Waals surface area (Å²) in [6, 6.07) is 11.7. The third kappa shape index (κ3) is 3.00. The third-order valence-corrected chi connectivity index (χ3v) is 6.41. The van der Waals surface area contributed by atoms with Gasteiger partial charge in [0.1, 0.15) is 11.6 Å². The number of benzene rings is 1. The molecule has 0 spiro atoms. The first-order chi connectivity index (χ1) is 14.5. The Morgan fingerprint density at radius 2 is 2.13 bits per heavy atom. The molecular formula is C22H22N6OS. The molecule has 3 aromatic heterocycles. The van der Waals surface area contributed by atoms with E-state index in [4.69, 9.17) is 15.7 Å². The zero-order chi connectivity index (χ0) is 20.8. The summed E-state index contributed by atoms with van der Waals surface area (Å²) in [4.78, 5) is 25.1. The number of nitrogens with zero attached hydrogens (tertiary/aromatic N) is 4. The minimum Gasteiger partial charge on any atom is -0.366 e. The van der Waals surface area contributed by atoms with Crippen LogP contribution in [0.25, 0.3) is 16.9 Å². The number of thiophene rings is 1. The van der Waals surface area contributed by atoms with E-state index in [2.05, 4.69) is 34.8 Å². The van der Waals surface area contributed by atoms with Crippen molar-refractivity contribution in [2.24, 2.45) is 5.73 Å². The van der Waals surface area contributed by atoms with Crippen LogP contribution in [0, 0.1) is 6.92 Å². The standard InChI is InChI=1S/C22H22N6OS/c1-13-11-17-15(19(23)29)6-3-7-18(17)28(13)22-25-20(24-12-14-5-4-10-30-14)16-8-9-27(2)21(16)26-22/h3-7,10-11H,8-9,12H2,1-2H3,(H2,23,29)(H,24,25,26). The molecule has 1 aliphatic heterocycles. The van der Waals surface area contributed by atoms with E-state index in [1.165, 1.54) is 4.88 Å². The fourth-order valence-corrected chi connectivity index (χ4v) is 4.71. The molecule has 1 amide bonds. The van der Waals surface area contributed by atoms with Gasteiger partial charge in [-0.05, 0) is 43.0 Å². The molecular weight excluding hydrogens is 396 g/mol. The summed E-state index contributed by atoms with van der Waals surface area (Å²) in [6.45, 7) is 3.63. The molecule has 4 heterocycles. The van der Waals surface area contributed by atoms with Crippen molar-refractivity contribution in [3.63, 3.8) is 0 Å². The summed E-state index contributed by atoms with van der Waals surface area (Å²) in [5.74, 6) is 1.96. The number of aromatic nitrogens is 3. The van der Waals surface area contributed by atoms with Gasteiger partial charge in [0.2, 0.25) is 11.9 Å². The number of rotatable bonds is 5. The molecule has 3 N–H and O–H groups in total. The predicted octanol–water partition coefficient (Wildman–Crippen LogP) is 3.49. The molecule has 4 aromatic rings. The van der Waals surface area contributed by atoms with Crippen LogP contribution < -0.4 is 16.0 Å². The summed E-state index contributed by atoms with van der Waals surface area (Å²) in [6.07, 6.45) is 0.913. The lowest BCUT2D eigenvalue weighted by Gasteiger charge is -2.16. The van der Waals surface area contributed by atoms with Gasteiger partial charge in [-0.2, -0.15) is 9.97 Å². The van der Waals surface area contributed by atoms with Crippen molar-refractivity contribution >= 4 is 39.8 Å². The van der Waals surface area contributed by atoms with Gasteiger partial charge in [0.15, 0.2) is 0 Å². The van der Waals surface area contributed by atoms with Gasteiger partial charge < -0.3 is 16.0 Å².